The molecule has 0 radical (unpaired) electrons. The van der Waals surface area contributed by atoms with Crippen LogP contribution in [0, 0.1) is 0 Å². The van der Waals surface area contributed by atoms with Crippen LogP contribution in [0.25, 0.3) is 0 Å². The third-order valence-electron chi connectivity index (χ3n) is 2.75. The molecule has 1 rings (SSSR count). The van der Waals surface area contributed by atoms with Gasteiger partial charge in [0.25, 0.3) is 0 Å². The monoisotopic (exact) mass is 220 g/mol. The first-order valence-electron chi connectivity index (χ1n) is 4.69. The number of aliphatic carboxylic acids is 1. The van der Waals surface area contributed by atoms with E-state index in [1.807, 2.05) is 0 Å². The van der Waals surface area contributed by atoms with E-state index in [4.69, 9.17) is 5.11 Å². The maximum atomic E-state index is 11.8. The Hall–Kier alpha value is -1.97. The van der Waals surface area contributed by atoms with E-state index in [-0.39, 0.29) is 28.1 Å². The van der Waals surface area contributed by atoms with E-state index < -0.39 is 11.8 Å². The fourth-order valence-electron chi connectivity index (χ4n) is 1.56. The van der Waals surface area contributed by atoms with Gasteiger partial charge in [-0.1, -0.05) is 6.58 Å². The zero-order chi connectivity index (χ0) is 12.6. The second-order valence-corrected chi connectivity index (χ2v) is 3.69. The quantitative estimate of drug-likeness (QED) is 0.564. The summed E-state index contributed by atoms with van der Waals surface area (Å²) < 4.78 is 0. The molecule has 4 nitrogen and oxygen atoms in total. The van der Waals surface area contributed by atoms with Gasteiger partial charge in [-0.2, -0.15) is 0 Å². The summed E-state index contributed by atoms with van der Waals surface area (Å²) >= 11 is 0. The Morgan fingerprint density at radius 1 is 1.00 bits per heavy atom. The van der Waals surface area contributed by atoms with Gasteiger partial charge >= 0.3 is 5.97 Å². The van der Waals surface area contributed by atoms with Crippen LogP contribution in [-0.2, 0) is 14.4 Å². The number of carbonyl (C=O) groups excluding carboxylic acids is 2. The molecule has 0 aromatic rings. The lowest BCUT2D eigenvalue weighted by Crippen LogP contribution is -2.23. The van der Waals surface area contributed by atoms with Gasteiger partial charge in [0.15, 0.2) is 11.6 Å². The van der Waals surface area contributed by atoms with Crippen LogP contribution in [0.3, 0.4) is 0 Å². The number of carboxylic acid groups (broad SMARTS) is 1. The topological polar surface area (TPSA) is 71.4 Å². The van der Waals surface area contributed by atoms with Crippen LogP contribution in [0.1, 0.15) is 20.8 Å². The Bertz CT molecular complexity index is 487. The number of allylic oxidation sites excluding steroid dienone is 3. The number of hydrogen-bond acceptors (Lipinski definition) is 3. The van der Waals surface area contributed by atoms with Gasteiger partial charge in [-0.15, -0.1) is 0 Å². The largest absolute Gasteiger partial charge is 0.478 e. The molecule has 0 saturated heterocycles. The summed E-state index contributed by atoms with van der Waals surface area (Å²) in [7, 11) is 0. The lowest BCUT2D eigenvalue weighted by Gasteiger charge is -2.18. The fourth-order valence-corrected chi connectivity index (χ4v) is 1.56. The Morgan fingerprint density at radius 2 is 1.44 bits per heavy atom. The Kier molecular flexibility index (Phi) is 2.94. The van der Waals surface area contributed by atoms with E-state index in [2.05, 4.69) is 6.58 Å². The molecular weight excluding hydrogens is 208 g/mol. The Labute approximate surface area is 93.0 Å². The summed E-state index contributed by atoms with van der Waals surface area (Å²) in [6.45, 7) is 7.83. The van der Waals surface area contributed by atoms with Crippen molar-refractivity contribution < 1.29 is 19.5 Å². The standard InChI is InChI=1S/C12H12O4/c1-5-6(2)11(14)9(7(3)10(5)13)8(4)12(15)16/h4H2,1-3H3,(H,15,16). The minimum Gasteiger partial charge on any atom is -0.478 e. The zero-order valence-corrected chi connectivity index (χ0v) is 9.38. The van der Waals surface area contributed by atoms with E-state index in [0.717, 1.165) is 0 Å². The van der Waals surface area contributed by atoms with Crippen molar-refractivity contribution in [3.05, 3.63) is 34.4 Å². The maximum absolute atomic E-state index is 11.8. The summed E-state index contributed by atoms with van der Waals surface area (Å²) in [5.41, 5.74) is 0.390. The molecule has 0 bridgehead atoms. The Balaban J connectivity index is 3.41. The SMILES string of the molecule is C=C(C(=O)O)C1=C(C)C(=O)C(C)=C(C)C1=O. The summed E-state index contributed by atoms with van der Waals surface area (Å²) in [5, 5.41) is 8.79. The van der Waals surface area contributed by atoms with E-state index in [0.29, 0.717) is 5.57 Å². The van der Waals surface area contributed by atoms with Crippen LogP contribution in [-0.4, -0.2) is 22.6 Å². The minimum atomic E-state index is -1.29. The first-order valence-corrected chi connectivity index (χ1v) is 4.69. The van der Waals surface area contributed by atoms with Crippen LogP contribution in [0.15, 0.2) is 34.4 Å². The van der Waals surface area contributed by atoms with E-state index in [1.54, 1.807) is 6.92 Å². The Morgan fingerprint density at radius 3 is 1.88 bits per heavy atom. The first-order chi connectivity index (χ1) is 7.29. The highest BCUT2D eigenvalue weighted by molar-refractivity contribution is 6.28. The number of carbonyl (C=O) groups is 3. The van der Waals surface area contributed by atoms with Crippen molar-refractivity contribution in [1.29, 1.82) is 0 Å². The molecule has 0 aromatic carbocycles. The number of carboxylic acids is 1. The molecule has 1 aliphatic rings. The molecule has 16 heavy (non-hydrogen) atoms. The average molecular weight is 220 g/mol. The van der Waals surface area contributed by atoms with Crippen molar-refractivity contribution in [3.63, 3.8) is 0 Å². The number of Topliss-reactive ketones (excluding diaryl/α,β-unsaturated/α-hetero) is 2. The minimum absolute atomic E-state index is 0.0828. The highest BCUT2D eigenvalue weighted by Gasteiger charge is 2.31. The summed E-state index contributed by atoms with van der Waals surface area (Å²) in [6.07, 6.45) is 0. The molecule has 1 N–H and O–H groups in total. The van der Waals surface area contributed by atoms with Gasteiger partial charge in [0.2, 0.25) is 0 Å². The summed E-state index contributed by atoms with van der Waals surface area (Å²) in [5.74, 6) is -2.01. The number of rotatable bonds is 2. The van der Waals surface area contributed by atoms with Crippen LogP contribution in [0.5, 0.6) is 0 Å². The summed E-state index contributed by atoms with van der Waals surface area (Å²) in [4.78, 5) is 34.3. The highest BCUT2D eigenvalue weighted by Crippen LogP contribution is 2.27. The van der Waals surface area contributed by atoms with E-state index in [9.17, 15) is 14.4 Å². The van der Waals surface area contributed by atoms with Gasteiger partial charge in [-0.3, -0.25) is 9.59 Å². The van der Waals surface area contributed by atoms with Crippen LogP contribution >= 0.6 is 0 Å². The molecule has 0 aromatic heterocycles. The highest BCUT2D eigenvalue weighted by atomic mass is 16.4. The zero-order valence-electron chi connectivity index (χ0n) is 9.38. The molecule has 0 heterocycles. The van der Waals surface area contributed by atoms with Gasteiger partial charge in [-0.25, -0.2) is 4.79 Å². The van der Waals surface area contributed by atoms with E-state index >= 15 is 0 Å². The van der Waals surface area contributed by atoms with Gasteiger partial charge in [-0.05, 0) is 20.8 Å². The molecule has 0 atom stereocenters. The predicted molar refractivity (Wildman–Crippen MR) is 57.9 cm³/mol. The predicted octanol–water partition coefficient (Wildman–Crippen LogP) is 1.43. The number of hydrogen-bond donors (Lipinski definition) is 1. The lowest BCUT2D eigenvalue weighted by molar-refractivity contribution is -0.132. The molecular formula is C12H12O4. The molecule has 0 fully saturated rings. The van der Waals surface area contributed by atoms with Crippen molar-refractivity contribution >= 4 is 17.5 Å². The molecule has 84 valence electrons. The molecule has 1 aliphatic carbocycles. The van der Waals surface area contributed by atoms with Gasteiger partial charge < -0.3 is 5.11 Å². The van der Waals surface area contributed by atoms with Crippen molar-refractivity contribution in [2.24, 2.45) is 0 Å². The lowest BCUT2D eigenvalue weighted by atomic mass is 9.83. The number of ketones is 2. The maximum Gasteiger partial charge on any atom is 0.335 e. The van der Waals surface area contributed by atoms with Crippen molar-refractivity contribution in [1.82, 2.24) is 0 Å². The van der Waals surface area contributed by atoms with Crippen molar-refractivity contribution in [2.75, 3.05) is 0 Å². The van der Waals surface area contributed by atoms with Gasteiger partial charge in [0.05, 0.1) is 5.57 Å². The first kappa shape index (κ1) is 12.1. The molecule has 0 aliphatic heterocycles. The third-order valence-corrected chi connectivity index (χ3v) is 2.75. The normalized spacial score (nSPS) is 16.9. The second kappa shape index (κ2) is 3.89. The molecule has 0 unspecified atom stereocenters. The molecule has 0 saturated carbocycles. The van der Waals surface area contributed by atoms with Crippen LogP contribution in [0.4, 0.5) is 0 Å². The van der Waals surface area contributed by atoms with Gasteiger partial charge in [0.1, 0.15) is 0 Å². The summed E-state index contributed by atoms with van der Waals surface area (Å²) in [6, 6.07) is 0. The van der Waals surface area contributed by atoms with E-state index in [1.165, 1.54) is 13.8 Å². The average Bonchev–Trinajstić information content (AvgIpc) is 2.23. The fraction of sp³-hybridized carbons (Fsp3) is 0.250. The smallest absolute Gasteiger partial charge is 0.335 e. The van der Waals surface area contributed by atoms with Gasteiger partial charge in [0, 0.05) is 22.3 Å². The van der Waals surface area contributed by atoms with Crippen molar-refractivity contribution in [3.8, 4) is 0 Å². The second-order valence-electron chi connectivity index (χ2n) is 3.69. The van der Waals surface area contributed by atoms with Crippen molar-refractivity contribution in [2.45, 2.75) is 20.8 Å². The van der Waals surface area contributed by atoms with Crippen LogP contribution in [0.2, 0.25) is 0 Å². The third kappa shape index (κ3) is 1.62. The molecule has 4 heteroatoms. The molecule has 0 spiro atoms. The molecule has 0 amide bonds. The van der Waals surface area contributed by atoms with Crippen LogP contribution < -0.4 is 0 Å².